The Morgan fingerprint density at radius 3 is 2.44 bits per heavy atom. The molecule has 34 heavy (non-hydrogen) atoms. The quantitative estimate of drug-likeness (QED) is 0.638. The molecule has 2 aliphatic heterocycles. The molecule has 2 fully saturated rings. The van der Waals surface area contributed by atoms with Crippen LogP contribution < -0.4 is 0 Å². The summed E-state index contributed by atoms with van der Waals surface area (Å²) in [6, 6.07) is 10.8. The lowest BCUT2D eigenvalue weighted by molar-refractivity contribution is 0.116. The number of sulfone groups is 1. The van der Waals surface area contributed by atoms with Crippen molar-refractivity contribution in [2.24, 2.45) is 5.92 Å². The monoisotopic (exact) mass is 485 g/mol. The summed E-state index contributed by atoms with van der Waals surface area (Å²) in [5, 5.41) is 13.0. The van der Waals surface area contributed by atoms with Crippen LogP contribution in [0.25, 0.3) is 0 Å². The zero-order valence-electron chi connectivity index (χ0n) is 19.7. The second-order valence-electron chi connectivity index (χ2n) is 9.42. The highest BCUT2D eigenvalue weighted by Crippen LogP contribution is 2.36. The van der Waals surface area contributed by atoms with Crippen LogP contribution >= 0.6 is 0 Å². The predicted octanol–water partition coefficient (Wildman–Crippen LogP) is 3.11. The minimum Gasteiger partial charge on any atom is -0.339 e. The normalized spacial score (nSPS) is 21.9. The first-order valence-electron chi connectivity index (χ1n) is 11.8. The molecule has 0 radical (unpaired) electrons. The van der Waals surface area contributed by atoms with E-state index in [9.17, 15) is 18.5 Å². The number of aromatic nitrogens is 2. The van der Waals surface area contributed by atoms with Crippen LogP contribution in [0.3, 0.4) is 0 Å². The molecular formula is C24H31N5O4S. The number of aryl methyl sites for hydroxylation is 1. The summed E-state index contributed by atoms with van der Waals surface area (Å²) in [6.07, 6.45) is 4.21. The van der Waals surface area contributed by atoms with Gasteiger partial charge in [-0.3, -0.25) is 0 Å². The lowest BCUT2D eigenvalue weighted by Gasteiger charge is -2.40. The first-order chi connectivity index (χ1) is 16.3. The van der Waals surface area contributed by atoms with E-state index in [0.29, 0.717) is 44.9 Å². The fourth-order valence-corrected chi connectivity index (χ4v) is 5.41. The number of amides is 2. The van der Waals surface area contributed by atoms with Crippen molar-refractivity contribution in [3.8, 4) is 6.07 Å². The number of likely N-dealkylation sites (tertiary alicyclic amines) is 2. The van der Waals surface area contributed by atoms with Gasteiger partial charge >= 0.3 is 6.03 Å². The van der Waals surface area contributed by atoms with Crippen LogP contribution in [0.15, 0.2) is 28.8 Å². The van der Waals surface area contributed by atoms with E-state index in [1.54, 1.807) is 0 Å². The summed E-state index contributed by atoms with van der Waals surface area (Å²) >= 11 is 0. The van der Waals surface area contributed by atoms with Crippen LogP contribution in [0.1, 0.15) is 60.9 Å². The van der Waals surface area contributed by atoms with Gasteiger partial charge in [-0.05, 0) is 36.8 Å². The van der Waals surface area contributed by atoms with Crippen LogP contribution in [-0.2, 0) is 22.0 Å². The Kier molecular flexibility index (Phi) is 7.22. The van der Waals surface area contributed by atoms with Gasteiger partial charge in [-0.1, -0.05) is 36.3 Å². The zero-order chi connectivity index (χ0) is 24.3. The lowest BCUT2D eigenvalue weighted by atomic mass is 9.84. The largest absolute Gasteiger partial charge is 0.339 e. The van der Waals surface area contributed by atoms with Crippen LogP contribution in [0, 0.1) is 17.2 Å². The first kappa shape index (κ1) is 24.2. The minimum atomic E-state index is -3.28. The average Bonchev–Trinajstić information content (AvgIpc) is 3.30. The molecule has 0 bridgehead atoms. The van der Waals surface area contributed by atoms with Gasteiger partial charge in [0.15, 0.2) is 15.7 Å². The van der Waals surface area contributed by atoms with Crippen molar-refractivity contribution in [2.75, 3.05) is 32.4 Å². The van der Waals surface area contributed by atoms with Crippen molar-refractivity contribution < 1.29 is 17.7 Å². The van der Waals surface area contributed by atoms with E-state index in [1.165, 1.54) is 5.56 Å². The SMILES string of the molecule is CCc1ccc(C2CC(c3nc(CS(C)(=O)=O)no3)CN(C(=O)N3CCC(C#N)CC3)C2)cc1. The highest BCUT2D eigenvalue weighted by molar-refractivity contribution is 7.89. The Morgan fingerprint density at radius 1 is 1.15 bits per heavy atom. The maximum Gasteiger partial charge on any atom is 0.320 e. The topological polar surface area (TPSA) is 120 Å². The van der Waals surface area contributed by atoms with Gasteiger partial charge in [0.05, 0.1) is 12.0 Å². The molecule has 0 saturated carbocycles. The zero-order valence-corrected chi connectivity index (χ0v) is 20.5. The van der Waals surface area contributed by atoms with Crippen molar-refractivity contribution in [2.45, 2.75) is 50.2 Å². The molecule has 0 aliphatic carbocycles. The summed E-state index contributed by atoms with van der Waals surface area (Å²) < 4.78 is 28.7. The molecule has 2 atom stereocenters. The smallest absolute Gasteiger partial charge is 0.320 e. The highest BCUT2D eigenvalue weighted by Gasteiger charge is 2.37. The molecule has 1 aromatic heterocycles. The van der Waals surface area contributed by atoms with Crippen molar-refractivity contribution in [1.82, 2.24) is 19.9 Å². The van der Waals surface area contributed by atoms with Crippen molar-refractivity contribution in [1.29, 1.82) is 5.26 Å². The van der Waals surface area contributed by atoms with E-state index in [2.05, 4.69) is 47.4 Å². The van der Waals surface area contributed by atoms with Crippen LogP contribution in [-0.4, -0.2) is 66.8 Å². The van der Waals surface area contributed by atoms with Gasteiger partial charge in [-0.25, -0.2) is 13.2 Å². The van der Waals surface area contributed by atoms with Gasteiger partial charge < -0.3 is 14.3 Å². The van der Waals surface area contributed by atoms with Crippen LogP contribution in [0.4, 0.5) is 4.79 Å². The van der Waals surface area contributed by atoms with Crippen LogP contribution in [0.2, 0.25) is 0 Å². The third-order valence-corrected chi connectivity index (χ3v) is 7.54. The van der Waals surface area contributed by atoms with E-state index in [4.69, 9.17) is 4.52 Å². The van der Waals surface area contributed by atoms with Gasteiger partial charge in [-0.15, -0.1) is 0 Å². The standard InChI is InChI=1S/C24H31N5O4S/c1-3-17-4-6-19(7-5-17)20-12-21(23-26-22(27-33-23)16-34(2,31)32)15-29(14-20)24(30)28-10-8-18(13-25)9-11-28/h4-7,18,20-21H,3,8-12,14-16H2,1-2H3. The number of piperidine rings is 2. The fourth-order valence-electron chi connectivity index (χ4n) is 4.83. The molecule has 0 spiro atoms. The van der Waals surface area contributed by atoms with Gasteiger partial charge in [0.2, 0.25) is 5.89 Å². The predicted molar refractivity (Wildman–Crippen MR) is 126 cm³/mol. The van der Waals surface area contributed by atoms with E-state index in [0.717, 1.165) is 24.7 Å². The number of nitrogens with zero attached hydrogens (tertiary/aromatic N) is 5. The second kappa shape index (κ2) is 10.1. The summed E-state index contributed by atoms with van der Waals surface area (Å²) in [4.78, 5) is 21.5. The Balaban J connectivity index is 1.56. The summed E-state index contributed by atoms with van der Waals surface area (Å²) in [6.45, 7) is 4.29. The van der Waals surface area contributed by atoms with E-state index < -0.39 is 9.84 Å². The number of rotatable bonds is 5. The fraction of sp³-hybridized carbons (Fsp3) is 0.583. The average molecular weight is 486 g/mol. The summed E-state index contributed by atoms with van der Waals surface area (Å²) in [5.41, 5.74) is 2.41. The number of hydrogen-bond acceptors (Lipinski definition) is 7. The molecule has 0 N–H and O–H groups in total. The maximum absolute atomic E-state index is 13.4. The highest BCUT2D eigenvalue weighted by atomic mass is 32.2. The van der Waals surface area contributed by atoms with Gasteiger partial charge in [0.25, 0.3) is 0 Å². The number of carbonyl (C=O) groups is 1. The molecule has 10 heteroatoms. The first-order valence-corrected chi connectivity index (χ1v) is 13.8. The lowest BCUT2D eigenvalue weighted by Crippen LogP contribution is -2.51. The molecule has 2 unspecified atom stereocenters. The number of hydrogen-bond donors (Lipinski definition) is 0. The van der Waals surface area contributed by atoms with Gasteiger partial charge in [-0.2, -0.15) is 10.2 Å². The van der Waals surface area contributed by atoms with Crippen molar-refractivity contribution in [3.63, 3.8) is 0 Å². The van der Waals surface area contributed by atoms with Gasteiger partial charge in [0, 0.05) is 44.3 Å². The molecule has 3 heterocycles. The van der Waals surface area contributed by atoms with E-state index >= 15 is 0 Å². The van der Waals surface area contributed by atoms with E-state index in [1.807, 2.05) is 9.80 Å². The molecule has 9 nitrogen and oxygen atoms in total. The summed E-state index contributed by atoms with van der Waals surface area (Å²) in [7, 11) is -3.28. The Hall–Kier alpha value is -2.93. The molecule has 1 aromatic carbocycles. The molecule has 4 rings (SSSR count). The molecule has 2 amide bonds. The Morgan fingerprint density at radius 2 is 1.82 bits per heavy atom. The van der Waals surface area contributed by atoms with Crippen molar-refractivity contribution in [3.05, 3.63) is 47.1 Å². The molecule has 2 aliphatic rings. The minimum absolute atomic E-state index is 0.00893. The number of nitriles is 1. The maximum atomic E-state index is 13.4. The Bertz CT molecular complexity index is 1150. The number of carbonyl (C=O) groups excluding carboxylic acids is 1. The third kappa shape index (κ3) is 5.76. The van der Waals surface area contributed by atoms with Crippen LogP contribution in [0.5, 0.6) is 0 Å². The third-order valence-electron chi connectivity index (χ3n) is 6.75. The van der Waals surface area contributed by atoms with E-state index in [-0.39, 0.29) is 35.4 Å². The number of benzene rings is 1. The van der Waals surface area contributed by atoms with Crippen molar-refractivity contribution >= 4 is 15.9 Å². The molecular weight excluding hydrogens is 454 g/mol. The Labute approximate surface area is 200 Å². The summed E-state index contributed by atoms with van der Waals surface area (Å²) in [5.74, 6) is 0.149. The van der Waals surface area contributed by atoms with Gasteiger partial charge in [0.1, 0.15) is 5.75 Å². The number of urea groups is 1. The molecule has 2 saturated heterocycles. The second-order valence-corrected chi connectivity index (χ2v) is 11.6. The molecule has 182 valence electrons. The molecule has 2 aromatic rings.